The van der Waals surface area contributed by atoms with Crippen molar-refractivity contribution in [2.24, 2.45) is 0 Å². The van der Waals surface area contributed by atoms with Gasteiger partial charge in [-0.15, -0.1) is 0 Å². The molecule has 80 valence electrons. The molecule has 2 atom stereocenters. The second-order valence-electron chi connectivity index (χ2n) is 3.39. The molecule has 2 unspecified atom stereocenters. The third-order valence-corrected chi connectivity index (χ3v) is 2.72. The number of fused-ring (bicyclic) bond motifs is 1. The minimum atomic E-state index is -0.604. The van der Waals surface area contributed by atoms with Crippen LogP contribution in [0.2, 0.25) is 0 Å². The highest BCUT2D eigenvalue weighted by molar-refractivity contribution is 9.09. The smallest absolute Gasteiger partial charge is 0.408 e. The first kappa shape index (κ1) is 10.4. The monoisotopic (exact) mass is 271 g/mol. The van der Waals surface area contributed by atoms with E-state index in [0.29, 0.717) is 11.1 Å². The Morgan fingerprint density at radius 1 is 1.53 bits per heavy atom. The highest BCUT2D eigenvalue weighted by Crippen LogP contribution is 2.24. The van der Waals surface area contributed by atoms with Gasteiger partial charge in [-0.3, -0.25) is 4.98 Å². The summed E-state index contributed by atoms with van der Waals surface area (Å²) in [5.74, 6) is -0.483. The van der Waals surface area contributed by atoms with Crippen molar-refractivity contribution in [1.82, 2.24) is 4.98 Å². The molecule has 0 fully saturated rings. The molecule has 0 aliphatic heterocycles. The molecule has 5 heteroatoms. The van der Waals surface area contributed by atoms with E-state index in [1.54, 1.807) is 18.2 Å². The van der Waals surface area contributed by atoms with E-state index in [-0.39, 0.29) is 4.83 Å². The number of hydrogen-bond acceptors (Lipinski definition) is 3. The van der Waals surface area contributed by atoms with Gasteiger partial charge in [-0.1, -0.05) is 22.0 Å². The van der Waals surface area contributed by atoms with Gasteiger partial charge in [-0.25, -0.2) is 4.79 Å². The predicted molar refractivity (Wildman–Crippen MR) is 60.2 cm³/mol. The average Bonchev–Trinajstić information content (AvgIpc) is 2.55. The number of hydrogen-bond donors (Lipinski definition) is 2. The van der Waals surface area contributed by atoms with Crippen LogP contribution < -0.4 is 5.76 Å². The first-order chi connectivity index (χ1) is 7.08. The van der Waals surface area contributed by atoms with E-state index in [4.69, 9.17) is 4.42 Å². The third kappa shape index (κ3) is 1.98. The molecule has 2 rings (SSSR count). The fourth-order valence-corrected chi connectivity index (χ4v) is 1.72. The van der Waals surface area contributed by atoms with Gasteiger partial charge in [0, 0.05) is 4.83 Å². The first-order valence-corrected chi connectivity index (χ1v) is 5.44. The number of aromatic amines is 1. The number of rotatable bonds is 2. The molecule has 0 bridgehead atoms. The Morgan fingerprint density at radius 2 is 2.27 bits per heavy atom. The zero-order valence-corrected chi connectivity index (χ0v) is 9.61. The van der Waals surface area contributed by atoms with Gasteiger partial charge >= 0.3 is 5.76 Å². The Morgan fingerprint density at radius 3 is 2.93 bits per heavy atom. The fourth-order valence-electron chi connectivity index (χ4n) is 1.42. The number of oxazole rings is 1. The van der Waals surface area contributed by atoms with E-state index in [9.17, 15) is 9.90 Å². The van der Waals surface area contributed by atoms with Gasteiger partial charge in [-0.2, -0.15) is 0 Å². The van der Waals surface area contributed by atoms with Crippen molar-refractivity contribution < 1.29 is 9.52 Å². The lowest BCUT2D eigenvalue weighted by Gasteiger charge is -2.12. The first-order valence-electron chi connectivity index (χ1n) is 4.53. The molecule has 0 aliphatic carbocycles. The van der Waals surface area contributed by atoms with Crippen molar-refractivity contribution in [3.8, 4) is 0 Å². The zero-order valence-electron chi connectivity index (χ0n) is 8.03. The highest BCUT2D eigenvalue weighted by Gasteiger charge is 2.14. The number of benzene rings is 1. The molecule has 4 nitrogen and oxygen atoms in total. The molecule has 0 saturated carbocycles. The lowest BCUT2D eigenvalue weighted by molar-refractivity contribution is 0.181. The van der Waals surface area contributed by atoms with Gasteiger partial charge in [0.05, 0.1) is 11.6 Å². The number of nitrogens with one attached hydrogen (secondary N) is 1. The van der Waals surface area contributed by atoms with Crippen LogP contribution in [0.15, 0.2) is 27.4 Å². The van der Waals surface area contributed by atoms with E-state index in [1.165, 1.54) is 0 Å². The molecule has 0 spiro atoms. The lowest BCUT2D eigenvalue weighted by atomic mass is 10.1. The van der Waals surface area contributed by atoms with Crippen LogP contribution in [0.5, 0.6) is 0 Å². The number of aliphatic hydroxyl groups excluding tert-OH is 1. The van der Waals surface area contributed by atoms with Crippen molar-refractivity contribution in [2.45, 2.75) is 17.9 Å². The molecule has 0 radical (unpaired) electrons. The Bertz CT molecular complexity index is 529. The van der Waals surface area contributed by atoms with Crippen molar-refractivity contribution in [3.05, 3.63) is 34.3 Å². The van der Waals surface area contributed by atoms with Crippen molar-refractivity contribution in [2.75, 3.05) is 0 Å². The molecule has 15 heavy (non-hydrogen) atoms. The summed E-state index contributed by atoms with van der Waals surface area (Å²) in [5.41, 5.74) is 1.84. The summed E-state index contributed by atoms with van der Waals surface area (Å²) >= 11 is 3.30. The van der Waals surface area contributed by atoms with Crippen LogP contribution in [0.3, 0.4) is 0 Å². The van der Waals surface area contributed by atoms with Gasteiger partial charge in [0.2, 0.25) is 0 Å². The van der Waals surface area contributed by atoms with Crippen molar-refractivity contribution in [3.63, 3.8) is 0 Å². The minimum absolute atomic E-state index is 0.0476. The minimum Gasteiger partial charge on any atom is -0.408 e. The van der Waals surface area contributed by atoms with Crippen LogP contribution >= 0.6 is 15.9 Å². The molecule has 1 aromatic heterocycles. The Balaban J connectivity index is 2.50. The standard InChI is InChI=1S/C10H10BrNO3/c1-5(11)9(13)6-2-3-8-7(4-6)12-10(14)15-8/h2-5,9,13H,1H3,(H,12,14). The number of aliphatic hydroxyl groups is 1. The summed E-state index contributed by atoms with van der Waals surface area (Å²) in [6.45, 7) is 1.85. The largest absolute Gasteiger partial charge is 0.417 e. The molecule has 1 heterocycles. The van der Waals surface area contributed by atoms with Crippen LogP contribution in [0.4, 0.5) is 0 Å². The quantitative estimate of drug-likeness (QED) is 0.821. The summed E-state index contributed by atoms with van der Waals surface area (Å²) in [6, 6.07) is 5.12. The van der Waals surface area contributed by atoms with Crippen LogP contribution in [0.25, 0.3) is 11.1 Å². The second-order valence-corrected chi connectivity index (χ2v) is 4.84. The summed E-state index contributed by atoms with van der Waals surface area (Å²) in [5, 5.41) is 9.79. The topological polar surface area (TPSA) is 66.2 Å². The van der Waals surface area contributed by atoms with E-state index >= 15 is 0 Å². The average molecular weight is 272 g/mol. The number of halogens is 1. The van der Waals surface area contributed by atoms with Crippen molar-refractivity contribution in [1.29, 1.82) is 0 Å². The van der Waals surface area contributed by atoms with Gasteiger partial charge in [-0.05, 0) is 24.6 Å². The van der Waals surface area contributed by atoms with Gasteiger partial charge < -0.3 is 9.52 Å². The van der Waals surface area contributed by atoms with Gasteiger partial charge in [0.15, 0.2) is 5.58 Å². The SMILES string of the molecule is CC(Br)C(O)c1ccc2oc(=O)[nH]c2c1. The molecule has 2 aromatic rings. The number of aromatic nitrogens is 1. The summed E-state index contributed by atoms with van der Waals surface area (Å²) in [4.78, 5) is 13.4. The maximum atomic E-state index is 10.9. The molecule has 0 aliphatic rings. The summed E-state index contributed by atoms with van der Waals surface area (Å²) < 4.78 is 4.86. The maximum absolute atomic E-state index is 10.9. The summed E-state index contributed by atoms with van der Waals surface area (Å²) in [7, 11) is 0. The molecule has 0 amide bonds. The Hall–Kier alpha value is -1.07. The molecular weight excluding hydrogens is 262 g/mol. The van der Waals surface area contributed by atoms with Crippen LogP contribution in [0, 0.1) is 0 Å². The van der Waals surface area contributed by atoms with Crippen molar-refractivity contribution >= 4 is 27.0 Å². The van der Waals surface area contributed by atoms with Crippen LogP contribution in [-0.4, -0.2) is 14.9 Å². The Kier molecular flexibility index (Phi) is 2.67. The van der Waals surface area contributed by atoms with Gasteiger partial charge in [0.25, 0.3) is 0 Å². The number of alkyl halides is 1. The molecular formula is C10H10BrNO3. The normalized spacial score (nSPS) is 15.4. The predicted octanol–water partition coefficient (Wildman–Crippen LogP) is 1.94. The lowest BCUT2D eigenvalue weighted by Crippen LogP contribution is -2.07. The van der Waals surface area contributed by atoms with E-state index in [0.717, 1.165) is 5.56 Å². The fraction of sp³-hybridized carbons (Fsp3) is 0.300. The maximum Gasteiger partial charge on any atom is 0.417 e. The third-order valence-electron chi connectivity index (χ3n) is 2.22. The highest BCUT2D eigenvalue weighted by atomic mass is 79.9. The second kappa shape index (κ2) is 3.83. The zero-order chi connectivity index (χ0) is 11.0. The van der Waals surface area contributed by atoms with E-state index in [1.807, 2.05) is 6.92 Å². The Labute approximate surface area is 94.0 Å². The van der Waals surface area contributed by atoms with E-state index < -0.39 is 11.9 Å². The van der Waals surface area contributed by atoms with E-state index in [2.05, 4.69) is 20.9 Å². The van der Waals surface area contributed by atoms with Crippen LogP contribution in [-0.2, 0) is 0 Å². The number of H-pyrrole nitrogens is 1. The van der Waals surface area contributed by atoms with Crippen LogP contribution in [0.1, 0.15) is 18.6 Å². The van der Waals surface area contributed by atoms with Gasteiger partial charge in [0.1, 0.15) is 0 Å². The molecule has 1 aromatic carbocycles. The molecule has 0 saturated heterocycles. The summed E-state index contributed by atoms with van der Waals surface area (Å²) in [6.07, 6.45) is -0.604. The molecule has 2 N–H and O–H groups in total.